The smallest absolute Gasteiger partial charge is 0.326 e. The number of ether oxygens (including phenoxy) is 1. The molecule has 0 aliphatic carbocycles. The number of nitrogens with zero attached hydrogens (tertiary/aromatic N) is 5. The highest BCUT2D eigenvalue weighted by Crippen LogP contribution is 2.33. The topological polar surface area (TPSA) is 146 Å². The van der Waals surface area contributed by atoms with E-state index in [1.807, 2.05) is 37.6 Å². The maximum atomic E-state index is 12.4. The van der Waals surface area contributed by atoms with Gasteiger partial charge in [-0.2, -0.15) is 5.10 Å². The minimum absolute atomic E-state index is 0.120. The molecule has 4 heterocycles. The second kappa shape index (κ2) is 7.85. The first-order valence-electron chi connectivity index (χ1n) is 10.5. The van der Waals surface area contributed by atoms with E-state index < -0.39 is 6.03 Å². The van der Waals surface area contributed by atoms with Crippen molar-refractivity contribution in [3.05, 3.63) is 42.4 Å². The lowest BCUT2D eigenvalue weighted by Crippen LogP contribution is -2.31. The number of nitrogen functional groups attached to an aromatic ring is 1. The molecular weight excluding hydrogens is 424 g/mol. The highest BCUT2D eigenvalue weighted by Gasteiger charge is 2.27. The Morgan fingerprint density at radius 3 is 2.55 bits per heavy atom. The summed E-state index contributed by atoms with van der Waals surface area (Å²) in [6.07, 6.45) is 1.43. The number of nitrogens with one attached hydrogen (secondary N) is 2. The number of fused-ring (bicyclic) bond motifs is 1. The summed E-state index contributed by atoms with van der Waals surface area (Å²) in [5.41, 5.74) is 9.52. The van der Waals surface area contributed by atoms with Crippen LogP contribution in [-0.2, 0) is 10.2 Å². The summed E-state index contributed by atoms with van der Waals surface area (Å²) in [7, 11) is 0. The Labute approximate surface area is 189 Å². The van der Waals surface area contributed by atoms with Crippen molar-refractivity contribution >= 4 is 34.5 Å². The molecule has 1 fully saturated rings. The zero-order valence-corrected chi connectivity index (χ0v) is 18.5. The van der Waals surface area contributed by atoms with Crippen LogP contribution in [0.1, 0.15) is 32.5 Å². The average Bonchev–Trinajstić information content (AvgIpc) is 3.34. The van der Waals surface area contributed by atoms with Gasteiger partial charge in [0, 0.05) is 22.7 Å². The minimum atomic E-state index is -0.434. The summed E-state index contributed by atoms with van der Waals surface area (Å²) in [6, 6.07) is 8.69. The zero-order chi connectivity index (χ0) is 23.2. The Kier molecular flexibility index (Phi) is 4.97. The highest BCUT2D eigenvalue weighted by atomic mass is 16.5. The van der Waals surface area contributed by atoms with Gasteiger partial charge in [-0.25, -0.2) is 19.4 Å². The number of carbonyl (C=O) groups excluding carboxylic acids is 1. The quantitative estimate of drug-likeness (QED) is 0.429. The SMILES string of the molecule is CC(C)(C)c1cc(NC(=O)Nc2ccc(-c3nn(C4COC4)c4ncnc(N)c34)cc2)on1. The summed E-state index contributed by atoms with van der Waals surface area (Å²) in [6.45, 7) is 7.22. The normalized spacial score (nSPS) is 14.3. The molecule has 2 amide bonds. The molecule has 11 heteroatoms. The largest absolute Gasteiger partial charge is 0.383 e. The molecule has 33 heavy (non-hydrogen) atoms. The fraction of sp³-hybridized carbons (Fsp3) is 0.318. The zero-order valence-electron chi connectivity index (χ0n) is 18.5. The molecule has 1 aliphatic rings. The van der Waals surface area contributed by atoms with Crippen molar-refractivity contribution in [2.24, 2.45) is 0 Å². The van der Waals surface area contributed by atoms with Crippen LogP contribution in [0.4, 0.5) is 22.2 Å². The van der Waals surface area contributed by atoms with Gasteiger partial charge in [0.1, 0.15) is 23.9 Å². The van der Waals surface area contributed by atoms with Gasteiger partial charge in [0.05, 0.1) is 24.3 Å². The van der Waals surface area contributed by atoms with E-state index in [2.05, 4.69) is 25.8 Å². The molecule has 0 unspecified atom stereocenters. The molecule has 11 nitrogen and oxygen atoms in total. The van der Waals surface area contributed by atoms with Crippen LogP contribution in [-0.4, -0.2) is 44.1 Å². The van der Waals surface area contributed by atoms with E-state index >= 15 is 0 Å². The second-order valence-corrected chi connectivity index (χ2v) is 8.92. The number of carbonyl (C=O) groups is 1. The van der Waals surface area contributed by atoms with E-state index in [0.29, 0.717) is 41.4 Å². The fourth-order valence-electron chi connectivity index (χ4n) is 3.49. The van der Waals surface area contributed by atoms with Crippen LogP contribution < -0.4 is 16.4 Å². The Hall–Kier alpha value is -3.99. The first-order valence-corrected chi connectivity index (χ1v) is 10.5. The molecule has 0 atom stereocenters. The number of anilines is 3. The first-order chi connectivity index (χ1) is 15.8. The van der Waals surface area contributed by atoms with Crippen molar-refractivity contribution in [3.63, 3.8) is 0 Å². The van der Waals surface area contributed by atoms with E-state index in [9.17, 15) is 4.79 Å². The standard InChI is InChI=1S/C22H24N8O3/c1-22(2,3)15-8-16(33-29-15)27-21(31)26-13-6-4-12(5-7-13)18-17-19(23)24-11-25-20(17)30(28-18)14-9-32-10-14/h4-8,11,14H,9-10H2,1-3H3,(H2,23,24,25)(H2,26,27,31). The van der Waals surface area contributed by atoms with Crippen molar-refractivity contribution in [2.45, 2.75) is 32.2 Å². The molecule has 3 aromatic heterocycles. The predicted molar refractivity (Wildman–Crippen MR) is 123 cm³/mol. The summed E-state index contributed by atoms with van der Waals surface area (Å²) in [4.78, 5) is 20.9. The molecule has 0 bridgehead atoms. The Morgan fingerprint density at radius 1 is 1.15 bits per heavy atom. The molecule has 4 N–H and O–H groups in total. The van der Waals surface area contributed by atoms with Gasteiger partial charge in [0.2, 0.25) is 5.88 Å². The van der Waals surface area contributed by atoms with E-state index in [1.54, 1.807) is 18.2 Å². The summed E-state index contributed by atoms with van der Waals surface area (Å²) >= 11 is 0. The third-order valence-corrected chi connectivity index (χ3v) is 5.42. The van der Waals surface area contributed by atoms with Gasteiger partial charge in [0.25, 0.3) is 0 Å². The van der Waals surface area contributed by atoms with Crippen LogP contribution in [0.3, 0.4) is 0 Å². The number of aromatic nitrogens is 5. The van der Waals surface area contributed by atoms with Gasteiger partial charge in [-0.05, 0) is 12.1 Å². The Bertz CT molecular complexity index is 1320. The highest BCUT2D eigenvalue weighted by molar-refractivity contribution is 6.00. The van der Waals surface area contributed by atoms with Crippen molar-refractivity contribution in [2.75, 3.05) is 29.6 Å². The Morgan fingerprint density at radius 2 is 1.91 bits per heavy atom. The van der Waals surface area contributed by atoms with E-state index in [1.165, 1.54) is 6.33 Å². The molecule has 0 radical (unpaired) electrons. The molecule has 1 aliphatic heterocycles. The van der Waals surface area contributed by atoms with E-state index in [-0.39, 0.29) is 17.3 Å². The molecule has 170 valence electrons. The van der Waals surface area contributed by atoms with Crippen molar-refractivity contribution in [1.29, 1.82) is 0 Å². The van der Waals surface area contributed by atoms with Crippen molar-refractivity contribution < 1.29 is 14.1 Å². The van der Waals surface area contributed by atoms with Crippen molar-refractivity contribution in [3.8, 4) is 11.3 Å². The van der Waals surface area contributed by atoms with Gasteiger partial charge >= 0.3 is 6.03 Å². The van der Waals surface area contributed by atoms with Crippen LogP contribution in [0.5, 0.6) is 0 Å². The van der Waals surface area contributed by atoms with Gasteiger partial charge in [-0.1, -0.05) is 38.1 Å². The lowest BCUT2D eigenvalue weighted by molar-refractivity contribution is -0.0268. The molecule has 1 aromatic carbocycles. The number of nitrogens with two attached hydrogens (primary N) is 1. The molecule has 5 rings (SSSR count). The van der Waals surface area contributed by atoms with Crippen LogP contribution in [0.25, 0.3) is 22.3 Å². The summed E-state index contributed by atoms with van der Waals surface area (Å²) < 4.78 is 12.3. The van der Waals surface area contributed by atoms with Gasteiger partial charge in [-0.3, -0.25) is 5.32 Å². The number of benzene rings is 1. The van der Waals surface area contributed by atoms with Crippen LogP contribution in [0.15, 0.2) is 41.2 Å². The number of urea groups is 1. The fourth-order valence-corrected chi connectivity index (χ4v) is 3.49. The molecule has 0 spiro atoms. The van der Waals surface area contributed by atoms with Crippen LogP contribution in [0.2, 0.25) is 0 Å². The predicted octanol–water partition coefficient (Wildman–Crippen LogP) is 3.58. The van der Waals surface area contributed by atoms with Gasteiger partial charge < -0.3 is 20.3 Å². The molecule has 1 saturated heterocycles. The summed E-state index contributed by atoms with van der Waals surface area (Å²) in [5, 5.41) is 14.9. The number of amides is 2. The monoisotopic (exact) mass is 448 g/mol. The number of hydrogen-bond acceptors (Lipinski definition) is 8. The third kappa shape index (κ3) is 3.98. The molecular formula is C22H24N8O3. The van der Waals surface area contributed by atoms with Crippen LogP contribution in [0, 0.1) is 0 Å². The number of hydrogen-bond donors (Lipinski definition) is 3. The van der Waals surface area contributed by atoms with Crippen LogP contribution >= 0.6 is 0 Å². The average molecular weight is 448 g/mol. The Balaban J connectivity index is 1.34. The van der Waals surface area contributed by atoms with Crippen molar-refractivity contribution in [1.82, 2.24) is 24.9 Å². The first kappa shape index (κ1) is 20.9. The second-order valence-electron chi connectivity index (χ2n) is 8.92. The van der Waals surface area contributed by atoms with E-state index in [4.69, 9.17) is 20.1 Å². The molecule has 4 aromatic rings. The van der Waals surface area contributed by atoms with E-state index in [0.717, 1.165) is 11.3 Å². The lowest BCUT2D eigenvalue weighted by Gasteiger charge is -2.26. The maximum Gasteiger partial charge on any atom is 0.326 e. The third-order valence-electron chi connectivity index (χ3n) is 5.42. The number of rotatable bonds is 4. The lowest BCUT2D eigenvalue weighted by atomic mass is 9.92. The van der Waals surface area contributed by atoms with Gasteiger partial charge in [-0.15, -0.1) is 0 Å². The van der Waals surface area contributed by atoms with Gasteiger partial charge in [0.15, 0.2) is 5.65 Å². The molecule has 0 saturated carbocycles. The maximum absolute atomic E-state index is 12.4. The minimum Gasteiger partial charge on any atom is -0.383 e. The summed E-state index contributed by atoms with van der Waals surface area (Å²) in [5.74, 6) is 0.645.